The van der Waals surface area contributed by atoms with Crippen LogP contribution in [0.4, 0.5) is 0 Å². The van der Waals surface area contributed by atoms with Crippen molar-refractivity contribution in [2.75, 3.05) is 0 Å². The van der Waals surface area contributed by atoms with Gasteiger partial charge in [-0.15, -0.1) is 0 Å². The molecule has 0 aliphatic heterocycles. The SMILES string of the molecule is C/C(=C/C=C\C=C\Cc1cnco1)[C@@H](O)C(C)(C)C(=O)O. The number of nitrogens with zero attached hydrogens (tertiary/aromatic N) is 1. The first-order valence-corrected chi connectivity index (χ1v) is 6.64. The Labute approximate surface area is 124 Å². The van der Waals surface area contributed by atoms with E-state index in [0.29, 0.717) is 12.0 Å². The zero-order valence-electron chi connectivity index (χ0n) is 12.5. The molecule has 1 aromatic heterocycles. The summed E-state index contributed by atoms with van der Waals surface area (Å²) in [6, 6.07) is 0. The molecule has 5 nitrogen and oxygen atoms in total. The lowest BCUT2D eigenvalue weighted by molar-refractivity contribution is -0.151. The minimum atomic E-state index is -1.21. The second-order valence-electron chi connectivity index (χ2n) is 5.32. The Balaban J connectivity index is 2.53. The summed E-state index contributed by atoms with van der Waals surface area (Å²) in [6.45, 7) is 4.70. The molecule has 0 saturated carbocycles. The molecular formula is C16H21NO4. The third-order valence-corrected chi connectivity index (χ3v) is 3.19. The molecule has 0 spiro atoms. The molecule has 1 aromatic rings. The summed E-state index contributed by atoms with van der Waals surface area (Å²) in [7, 11) is 0. The summed E-state index contributed by atoms with van der Waals surface area (Å²) in [4.78, 5) is 14.9. The maximum atomic E-state index is 11.1. The van der Waals surface area contributed by atoms with Crippen LogP contribution in [0.1, 0.15) is 26.5 Å². The predicted molar refractivity (Wildman–Crippen MR) is 79.7 cm³/mol. The van der Waals surface area contributed by atoms with Crippen LogP contribution >= 0.6 is 0 Å². The Bertz CT molecular complexity index is 539. The number of carboxylic acid groups (broad SMARTS) is 1. The first-order valence-electron chi connectivity index (χ1n) is 6.64. The van der Waals surface area contributed by atoms with Gasteiger partial charge in [0, 0.05) is 6.42 Å². The second-order valence-corrected chi connectivity index (χ2v) is 5.32. The highest BCUT2D eigenvalue weighted by Crippen LogP contribution is 2.26. The molecule has 0 aromatic carbocycles. The van der Waals surface area contributed by atoms with Gasteiger partial charge < -0.3 is 14.6 Å². The normalized spacial score (nSPS) is 15.0. The van der Waals surface area contributed by atoms with Gasteiger partial charge in [0.05, 0.1) is 17.7 Å². The van der Waals surface area contributed by atoms with Gasteiger partial charge in [-0.2, -0.15) is 0 Å². The van der Waals surface area contributed by atoms with Crippen molar-refractivity contribution in [2.45, 2.75) is 33.3 Å². The van der Waals surface area contributed by atoms with Crippen molar-refractivity contribution in [2.24, 2.45) is 5.41 Å². The average Bonchev–Trinajstić information content (AvgIpc) is 2.94. The first kappa shape index (κ1) is 16.9. The van der Waals surface area contributed by atoms with E-state index in [9.17, 15) is 9.90 Å². The fourth-order valence-corrected chi connectivity index (χ4v) is 1.65. The number of hydrogen-bond acceptors (Lipinski definition) is 4. The zero-order chi connectivity index (χ0) is 15.9. The van der Waals surface area contributed by atoms with Crippen molar-refractivity contribution in [1.82, 2.24) is 4.98 Å². The highest BCUT2D eigenvalue weighted by Gasteiger charge is 2.36. The van der Waals surface area contributed by atoms with Crippen LogP contribution in [0.3, 0.4) is 0 Å². The number of aliphatic carboxylic acids is 1. The first-order chi connectivity index (χ1) is 9.85. The molecule has 5 heteroatoms. The fraction of sp³-hybridized carbons (Fsp3) is 0.375. The quantitative estimate of drug-likeness (QED) is 0.755. The van der Waals surface area contributed by atoms with E-state index in [1.807, 2.05) is 12.2 Å². The lowest BCUT2D eigenvalue weighted by atomic mass is 9.83. The number of aliphatic hydroxyl groups is 1. The van der Waals surface area contributed by atoms with Crippen molar-refractivity contribution < 1.29 is 19.4 Å². The summed E-state index contributed by atoms with van der Waals surface area (Å²) in [5.41, 5.74) is -0.612. The van der Waals surface area contributed by atoms with Crippen LogP contribution in [-0.4, -0.2) is 27.3 Å². The Morgan fingerprint density at radius 2 is 2.14 bits per heavy atom. The molecule has 0 saturated heterocycles. The Kier molecular flexibility index (Phi) is 6.11. The van der Waals surface area contributed by atoms with Gasteiger partial charge in [-0.25, -0.2) is 4.98 Å². The molecule has 1 heterocycles. The fourth-order valence-electron chi connectivity index (χ4n) is 1.65. The van der Waals surface area contributed by atoms with Crippen LogP contribution in [0.2, 0.25) is 0 Å². The minimum absolute atomic E-state index is 0.599. The third-order valence-electron chi connectivity index (χ3n) is 3.19. The van der Waals surface area contributed by atoms with E-state index in [4.69, 9.17) is 9.52 Å². The van der Waals surface area contributed by atoms with E-state index >= 15 is 0 Å². The minimum Gasteiger partial charge on any atom is -0.481 e. The highest BCUT2D eigenvalue weighted by atomic mass is 16.4. The van der Waals surface area contributed by atoms with Gasteiger partial charge in [0.1, 0.15) is 5.76 Å². The molecule has 1 rings (SSSR count). The summed E-state index contributed by atoms with van der Waals surface area (Å²) < 4.78 is 5.08. The van der Waals surface area contributed by atoms with E-state index < -0.39 is 17.5 Å². The van der Waals surface area contributed by atoms with Gasteiger partial charge in [0.2, 0.25) is 0 Å². The molecule has 2 N–H and O–H groups in total. The molecule has 0 bridgehead atoms. The number of carbonyl (C=O) groups is 1. The molecule has 0 unspecified atom stereocenters. The molecule has 114 valence electrons. The van der Waals surface area contributed by atoms with Crippen molar-refractivity contribution >= 4 is 5.97 Å². The number of aromatic nitrogens is 1. The number of hydrogen-bond donors (Lipinski definition) is 2. The topological polar surface area (TPSA) is 83.6 Å². The van der Waals surface area contributed by atoms with Gasteiger partial charge >= 0.3 is 5.97 Å². The maximum absolute atomic E-state index is 11.1. The van der Waals surface area contributed by atoms with E-state index in [1.165, 1.54) is 20.2 Å². The van der Waals surface area contributed by atoms with Gasteiger partial charge in [0.15, 0.2) is 6.39 Å². The summed E-state index contributed by atoms with van der Waals surface area (Å²) >= 11 is 0. The Hall–Kier alpha value is -2.14. The van der Waals surface area contributed by atoms with Gasteiger partial charge in [-0.1, -0.05) is 30.4 Å². The average molecular weight is 291 g/mol. The molecular weight excluding hydrogens is 270 g/mol. The van der Waals surface area contributed by atoms with Crippen LogP contribution < -0.4 is 0 Å². The smallest absolute Gasteiger partial charge is 0.312 e. The lowest BCUT2D eigenvalue weighted by Gasteiger charge is -2.26. The molecule has 0 aliphatic carbocycles. The number of rotatable bonds is 7. The molecule has 0 aliphatic rings. The standard InChI is InChI=1S/C16H21NO4/c1-12(14(18)16(2,3)15(19)20)8-6-4-5-7-9-13-10-17-11-21-13/h4-8,10-11,14,18H,9H2,1-3H3,(H,19,20)/b6-4-,7-5+,12-8-/t14-/m1/s1. The molecule has 21 heavy (non-hydrogen) atoms. The van der Waals surface area contributed by atoms with Crippen LogP contribution in [0.25, 0.3) is 0 Å². The van der Waals surface area contributed by atoms with Crippen LogP contribution in [0.5, 0.6) is 0 Å². The summed E-state index contributed by atoms with van der Waals surface area (Å²) in [5, 5.41) is 19.1. The third kappa shape index (κ3) is 5.04. The Morgan fingerprint density at radius 1 is 1.43 bits per heavy atom. The van der Waals surface area contributed by atoms with Crippen molar-refractivity contribution in [3.63, 3.8) is 0 Å². The van der Waals surface area contributed by atoms with E-state index in [-0.39, 0.29) is 0 Å². The van der Waals surface area contributed by atoms with E-state index in [0.717, 1.165) is 5.76 Å². The van der Waals surface area contributed by atoms with E-state index in [1.54, 1.807) is 31.3 Å². The van der Waals surface area contributed by atoms with Gasteiger partial charge in [0.25, 0.3) is 0 Å². The van der Waals surface area contributed by atoms with Crippen LogP contribution in [0, 0.1) is 5.41 Å². The number of aliphatic hydroxyl groups excluding tert-OH is 1. The Morgan fingerprint density at radius 3 is 2.71 bits per heavy atom. The molecule has 0 radical (unpaired) electrons. The van der Waals surface area contributed by atoms with Gasteiger partial charge in [-0.05, 0) is 26.3 Å². The predicted octanol–water partition coefficient (Wildman–Crippen LogP) is 2.75. The number of carboxylic acids is 1. The summed E-state index contributed by atoms with van der Waals surface area (Å²) in [6.07, 6.45) is 11.7. The van der Waals surface area contributed by atoms with Crippen molar-refractivity contribution in [3.8, 4) is 0 Å². The van der Waals surface area contributed by atoms with Crippen molar-refractivity contribution in [1.29, 1.82) is 0 Å². The van der Waals surface area contributed by atoms with Crippen molar-refractivity contribution in [3.05, 3.63) is 54.3 Å². The second kappa shape index (κ2) is 7.59. The molecule has 0 amide bonds. The van der Waals surface area contributed by atoms with Gasteiger partial charge in [-0.3, -0.25) is 4.79 Å². The highest BCUT2D eigenvalue weighted by molar-refractivity contribution is 5.75. The zero-order valence-corrected chi connectivity index (χ0v) is 12.5. The lowest BCUT2D eigenvalue weighted by Crippen LogP contribution is -2.37. The number of allylic oxidation sites excluding steroid dienone is 5. The maximum Gasteiger partial charge on any atom is 0.312 e. The molecule has 0 fully saturated rings. The van der Waals surface area contributed by atoms with Crippen LogP contribution in [-0.2, 0) is 11.2 Å². The number of oxazole rings is 1. The molecule has 1 atom stereocenters. The summed E-state index contributed by atoms with van der Waals surface area (Å²) in [5.74, 6) is -0.247. The largest absolute Gasteiger partial charge is 0.481 e. The monoisotopic (exact) mass is 291 g/mol. The van der Waals surface area contributed by atoms with Crippen LogP contribution in [0.15, 0.2) is 53.0 Å². The van der Waals surface area contributed by atoms with E-state index in [2.05, 4.69) is 4.98 Å².